The Morgan fingerprint density at radius 1 is 1.00 bits per heavy atom. The third kappa shape index (κ3) is 5.43. The van der Waals surface area contributed by atoms with Gasteiger partial charge in [-0.15, -0.1) is 0 Å². The lowest BCUT2D eigenvalue weighted by Gasteiger charge is -2.15. The van der Waals surface area contributed by atoms with Gasteiger partial charge in [-0.3, -0.25) is 10.2 Å². The van der Waals surface area contributed by atoms with Crippen molar-refractivity contribution < 1.29 is 14.0 Å². The predicted octanol–water partition coefficient (Wildman–Crippen LogP) is 2.46. The second-order valence-corrected chi connectivity index (χ2v) is 5.08. The van der Waals surface area contributed by atoms with Gasteiger partial charge in [-0.1, -0.05) is 42.5 Å². The van der Waals surface area contributed by atoms with Crippen LogP contribution in [0.4, 0.5) is 9.18 Å². The Balaban J connectivity index is 1.75. The van der Waals surface area contributed by atoms with Crippen molar-refractivity contribution in [3.8, 4) is 0 Å². The summed E-state index contributed by atoms with van der Waals surface area (Å²) < 4.78 is 12.8. The molecule has 6 heteroatoms. The minimum absolute atomic E-state index is 0.0504. The molecule has 3 N–H and O–H groups in total. The maximum Gasteiger partial charge on any atom is 0.333 e. The fraction of sp³-hybridized carbons (Fsp3) is 0.176. The lowest BCUT2D eigenvalue weighted by atomic mass is 10.1. The van der Waals surface area contributed by atoms with Gasteiger partial charge in [-0.25, -0.2) is 14.6 Å². The number of urea groups is 1. The molecule has 3 amide bonds. The third-order valence-corrected chi connectivity index (χ3v) is 3.24. The number of benzene rings is 2. The maximum atomic E-state index is 12.8. The van der Waals surface area contributed by atoms with E-state index in [4.69, 9.17) is 0 Å². The number of amides is 3. The molecule has 1 atom stereocenters. The molecule has 0 spiro atoms. The molecule has 23 heavy (non-hydrogen) atoms. The number of rotatable bonds is 4. The number of carbonyl (C=O) groups is 2. The molecule has 0 bridgehead atoms. The fourth-order valence-electron chi connectivity index (χ4n) is 2.02. The highest BCUT2D eigenvalue weighted by atomic mass is 19.1. The molecule has 0 heterocycles. The lowest BCUT2D eigenvalue weighted by Crippen LogP contribution is -2.47. The summed E-state index contributed by atoms with van der Waals surface area (Å²) >= 11 is 0. The molecule has 2 aromatic carbocycles. The molecule has 5 nitrogen and oxygen atoms in total. The van der Waals surface area contributed by atoms with Crippen LogP contribution in [-0.2, 0) is 11.2 Å². The molecule has 0 fully saturated rings. The highest BCUT2D eigenvalue weighted by molar-refractivity contribution is 5.82. The highest BCUT2D eigenvalue weighted by Crippen LogP contribution is 2.10. The Morgan fingerprint density at radius 3 is 2.30 bits per heavy atom. The highest BCUT2D eigenvalue weighted by Gasteiger charge is 2.10. The van der Waals surface area contributed by atoms with E-state index in [1.807, 2.05) is 37.3 Å². The number of carbonyl (C=O) groups excluding carboxylic acids is 2. The molecule has 0 aliphatic rings. The first-order chi connectivity index (χ1) is 11.0. The van der Waals surface area contributed by atoms with Gasteiger partial charge >= 0.3 is 6.03 Å². The normalized spacial score (nSPS) is 11.4. The standard InChI is InChI=1S/C17H18FN3O2/c1-12(14-5-3-2-4-6-14)19-17(23)21-20-16(22)11-13-7-9-15(18)10-8-13/h2-10,12H,11H2,1H3,(H,20,22)(H2,19,21,23)/t12-/m1/s1. The second kappa shape index (κ2) is 7.93. The molecule has 120 valence electrons. The molecule has 0 radical (unpaired) electrons. The third-order valence-electron chi connectivity index (χ3n) is 3.24. The summed E-state index contributed by atoms with van der Waals surface area (Å²) in [6.45, 7) is 1.84. The summed E-state index contributed by atoms with van der Waals surface area (Å²) in [5, 5.41) is 2.71. The van der Waals surface area contributed by atoms with E-state index in [1.54, 1.807) is 0 Å². The van der Waals surface area contributed by atoms with E-state index in [2.05, 4.69) is 16.2 Å². The Kier molecular flexibility index (Phi) is 5.68. The van der Waals surface area contributed by atoms with Gasteiger partial charge in [0.1, 0.15) is 5.82 Å². The number of hydrogen-bond donors (Lipinski definition) is 3. The van der Waals surface area contributed by atoms with Crippen molar-refractivity contribution in [1.82, 2.24) is 16.2 Å². The van der Waals surface area contributed by atoms with Crippen LogP contribution in [-0.4, -0.2) is 11.9 Å². The van der Waals surface area contributed by atoms with Crippen molar-refractivity contribution in [2.24, 2.45) is 0 Å². The summed E-state index contributed by atoms with van der Waals surface area (Å²) in [4.78, 5) is 23.5. The van der Waals surface area contributed by atoms with E-state index in [0.29, 0.717) is 5.56 Å². The van der Waals surface area contributed by atoms with Crippen molar-refractivity contribution >= 4 is 11.9 Å². The van der Waals surface area contributed by atoms with Crippen LogP contribution in [0.15, 0.2) is 54.6 Å². The smallest absolute Gasteiger partial charge is 0.330 e. The summed E-state index contributed by atoms with van der Waals surface area (Å²) in [5.74, 6) is -0.749. The summed E-state index contributed by atoms with van der Waals surface area (Å²) in [7, 11) is 0. The van der Waals surface area contributed by atoms with Crippen molar-refractivity contribution in [2.45, 2.75) is 19.4 Å². The average Bonchev–Trinajstić information content (AvgIpc) is 2.56. The van der Waals surface area contributed by atoms with Crippen molar-refractivity contribution in [3.05, 3.63) is 71.5 Å². The van der Waals surface area contributed by atoms with Crippen LogP contribution >= 0.6 is 0 Å². The molecule has 0 aliphatic heterocycles. The molecule has 0 unspecified atom stereocenters. The van der Waals surface area contributed by atoms with Crippen LogP contribution in [0.25, 0.3) is 0 Å². The number of halogens is 1. The number of hydrazine groups is 1. The van der Waals surface area contributed by atoms with Gasteiger partial charge in [0, 0.05) is 0 Å². The minimum atomic E-state index is -0.506. The molecule has 0 saturated carbocycles. The van der Waals surface area contributed by atoms with Gasteiger partial charge in [0.05, 0.1) is 12.5 Å². The average molecular weight is 315 g/mol. The zero-order chi connectivity index (χ0) is 16.7. The monoisotopic (exact) mass is 315 g/mol. The van der Waals surface area contributed by atoms with Gasteiger partial charge in [0.2, 0.25) is 5.91 Å². The summed E-state index contributed by atoms with van der Waals surface area (Å²) in [6, 6.07) is 14.4. The second-order valence-electron chi connectivity index (χ2n) is 5.08. The topological polar surface area (TPSA) is 70.2 Å². The van der Waals surface area contributed by atoms with E-state index in [0.717, 1.165) is 5.56 Å². The largest absolute Gasteiger partial charge is 0.333 e. The van der Waals surface area contributed by atoms with Gasteiger partial charge < -0.3 is 5.32 Å². The quantitative estimate of drug-likeness (QED) is 0.759. The van der Waals surface area contributed by atoms with E-state index in [9.17, 15) is 14.0 Å². The van der Waals surface area contributed by atoms with Crippen LogP contribution < -0.4 is 16.2 Å². The zero-order valence-electron chi connectivity index (χ0n) is 12.7. The fourth-order valence-corrected chi connectivity index (χ4v) is 2.02. The van der Waals surface area contributed by atoms with Crippen LogP contribution in [0.5, 0.6) is 0 Å². The molecular formula is C17H18FN3O2. The van der Waals surface area contributed by atoms with Crippen molar-refractivity contribution in [3.63, 3.8) is 0 Å². The molecule has 2 aromatic rings. The number of nitrogens with one attached hydrogen (secondary N) is 3. The minimum Gasteiger partial charge on any atom is -0.330 e. The lowest BCUT2D eigenvalue weighted by molar-refractivity contribution is -0.121. The van der Waals surface area contributed by atoms with E-state index < -0.39 is 6.03 Å². The van der Waals surface area contributed by atoms with Crippen molar-refractivity contribution in [2.75, 3.05) is 0 Å². The molecule has 2 rings (SSSR count). The molecule has 0 saturated heterocycles. The van der Waals surface area contributed by atoms with Crippen LogP contribution in [0.3, 0.4) is 0 Å². The zero-order valence-corrected chi connectivity index (χ0v) is 12.7. The van der Waals surface area contributed by atoms with E-state index >= 15 is 0 Å². The summed E-state index contributed by atoms with van der Waals surface area (Å²) in [5.41, 5.74) is 6.21. The first kappa shape index (κ1) is 16.5. The van der Waals surface area contributed by atoms with Crippen LogP contribution in [0.2, 0.25) is 0 Å². The van der Waals surface area contributed by atoms with Gasteiger partial charge in [0.25, 0.3) is 0 Å². The van der Waals surface area contributed by atoms with Crippen LogP contribution in [0.1, 0.15) is 24.1 Å². The van der Waals surface area contributed by atoms with Gasteiger partial charge in [-0.2, -0.15) is 0 Å². The first-order valence-corrected chi connectivity index (χ1v) is 7.19. The molecule has 0 aromatic heterocycles. The van der Waals surface area contributed by atoms with E-state index in [-0.39, 0.29) is 24.2 Å². The van der Waals surface area contributed by atoms with Crippen molar-refractivity contribution in [1.29, 1.82) is 0 Å². The van der Waals surface area contributed by atoms with E-state index in [1.165, 1.54) is 24.3 Å². The Bertz CT molecular complexity index is 659. The van der Waals surface area contributed by atoms with Gasteiger partial charge in [0.15, 0.2) is 0 Å². The maximum absolute atomic E-state index is 12.8. The first-order valence-electron chi connectivity index (χ1n) is 7.19. The molecular weight excluding hydrogens is 297 g/mol. The Morgan fingerprint density at radius 2 is 1.65 bits per heavy atom. The van der Waals surface area contributed by atoms with Crippen LogP contribution in [0, 0.1) is 5.82 Å². The molecule has 0 aliphatic carbocycles. The number of hydrogen-bond acceptors (Lipinski definition) is 2. The SMILES string of the molecule is C[C@@H](NC(=O)NNC(=O)Cc1ccc(F)cc1)c1ccccc1. The predicted molar refractivity (Wildman–Crippen MR) is 84.8 cm³/mol. The Labute approximate surface area is 133 Å². The summed E-state index contributed by atoms with van der Waals surface area (Å²) in [6.07, 6.45) is 0.0504. The van der Waals surface area contributed by atoms with Gasteiger partial charge in [-0.05, 0) is 30.2 Å². The Hall–Kier alpha value is -2.89.